The van der Waals surface area contributed by atoms with Gasteiger partial charge in [-0.25, -0.2) is 9.78 Å². The fourth-order valence-electron chi connectivity index (χ4n) is 3.40. The Hall–Kier alpha value is -3.37. The van der Waals surface area contributed by atoms with Gasteiger partial charge in [-0.15, -0.1) is 0 Å². The molecule has 0 bridgehead atoms. The number of benzene rings is 1. The van der Waals surface area contributed by atoms with E-state index >= 15 is 0 Å². The zero-order chi connectivity index (χ0) is 23.8. The molecule has 10 nitrogen and oxygen atoms in total. The highest BCUT2D eigenvalue weighted by atomic mass is 16.6. The molecule has 0 unspecified atom stereocenters. The van der Waals surface area contributed by atoms with Gasteiger partial charge in [0.15, 0.2) is 23.3 Å². The first-order chi connectivity index (χ1) is 15.9. The van der Waals surface area contributed by atoms with E-state index < -0.39 is 42.0 Å². The summed E-state index contributed by atoms with van der Waals surface area (Å²) in [4.78, 5) is 29.5. The maximum atomic E-state index is 12.9. The fraction of sp³-hybridized carbons (Fsp3) is 0.435. The minimum absolute atomic E-state index is 0.0900. The second-order valence-corrected chi connectivity index (χ2v) is 7.41. The summed E-state index contributed by atoms with van der Waals surface area (Å²) >= 11 is 0. The van der Waals surface area contributed by atoms with E-state index in [0.29, 0.717) is 5.75 Å². The van der Waals surface area contributed by atoms with Gasteiger partial charge in [0.2, 0.25) is 0 Å². The Morgan fingerprint density at radius 2 is 1.97 bits per heavy atom. The average molecular weight is 460 g/mol. The lowest BCUT2D eigenvalue weighted by Crippen LogP contribution is -2.50. The Labute approximate surface area is 191 Å². The Bertz CT molecular complexity index is 939. The molecule has 1 aromatic heterocycles. The monoisotopic (exact) mass is 460 g/mol. The quantitative estimate of drug-likeness (QED) is 0.620. The first-order valence-corrected chi connectivity index (χ1v) is 10.5. The van der Waals surface area contributed by atoms with Crippen LogP contribution in [0.3, 0.4) is 0 Å². The number of amides is 1. The second kappa shape index (κ2) is 11.5. The van der Waals surface area contributed by atoms with Crippen LogP contribution in [-0.2, 0) is 19.0 Å². The summed E-state index contributed by atoms with van der Waals surface area (Å²) in [5.74, 6) is -1.15. The molecule has 1 aromatic carbocycles. The molecule has 10 heteroatoms. The smallest absolute Gasteiger partial charge is 0.329 e. The van der Waals surface area contributed by atoms with Crippen LogP contribution in [0.15, 0.2) is 42.6 Å². The lowest BCUT2D eigenvalue weighted by Gasteiger charge is -2.33. The Morgan fingerprint density at radius 1 is 1.21 bits per heavy atom. The number of esters is 1. The number of cyclic esters (lactones) is 1. The van der Waals surface area contributed by atoms with Gasteiger partial charge in [-0.1, -0.05) is 18.2 Å². The number of nitrogens with zero attached hydrogens (tertiary/aromatic N) is 1. The van der Waals surface area contributed by atoms with Crippen molar-refractivity contribution in [2.45, 2.75) is 37.7 Å². The van der Waals surface area contributed by atoms with Gasteiger partial charge in [0, 0.05) is 32.4 Å². The molecule has 1 aliphatic rings. The fourth-order valence-corrected chi connectivity index (χ4v) is 3.40. The highest BCUT2D eigenvalue weighted by Gasteiger charge is 2.35. The topological polar surface area (TPSA) is 125 Å². The van der Waals surface area contributed by atoms with Crippen LogP contribution in [0.25, 0.3) is 0 Å². The average Bonchev–Trinajstić information content (AvgIpc) is 2.82. The molecular weight excluding hydrogens is 432 g/mol. The molecular formula is C23H28N2O8. The van der Waals surface area contributed by atoms with Crippen LogP contribution in [0.1, 0.15) is 23.8 Å². The zero-order valence-electron chi connectivity index (χ0n) is 18.7. The maximum absolute atomic E-state index is 12.9. The lowest BCUT2D eigenvalue weighted by atomic mass is 10.1. The number of carbonyl (C=O) groups is 2. The number of rotatable bonds is 6. The van der Waals surface area contributed by atoms with Gasteiger partial charge in [-0.05, 0) is 19.1 Å². The zero-order valence-corrected chi connectivity index (χ0v) is 18.7. The normalized spacial score (nSPS) is 23.8. The standard InChI is InChI=1S/C23H28N2O8/c1-14-21(33-15-7-5-4-6-8-15)18(30-3)13-31-12-10-16(23(28)32-14)25-22(27)19-20(26)17(29-2)9-11-24-19/h4-9,11,14,16,18,21,26H,10,12-13H2,1-3H3,(H,25,27)/t14-,16-,18-,21-/m0/s1. The number of aromatic hydroxyl groups is 1. The van der Waals surface area contributed by atoms with E-state index in [2.05, 4.69) is 10.3 Å². The number of pyridine rings is 1. The number of hydrogen-bond donors (Lipinski definition) is 2. The number of para-hydroxylation sites is 1. The summed E-state index contributed by atoms with van der Waals surface area (Å²) in [5, 5.41) is 12.8. The van der Waals surface area contributed by atoms with Crippen molar-refractivity contribution < 1.29 is 38.4 Å². The summed E-state index contributed by atoms with van der Waals surface area (Å²) in [6.45, 7) is 2.05. The summed E-state index contributed by atoms with van der Waals surface area (Å²) < 4.78 is 27.9. The molecule has 2 N–H and O–H groups in total. The van der Waals surface area contributed by atoms with Gasteiger partial charge in [-0.2, -0.15) is 0 Å². The van der Waals surface area contributed by atoms with Crippen molar-refractivity contribution in [2.75, 3.05) is 27.4 Å². The third-order valence-electron chi connectivity index (χ3n) is 5.19. The van der Waals surface area contributed by atoms with Gasteiger partial charge < -0.3 is 34.1 Å². The van der Waals surface area contributed by atoms with Crippen molar-refractivity contribution in [3.63, 3.8) is 0 Å². The van der Waals surface area contributed by atoms with Gasteiger partial charge in [-0.3, -0.25) is 4.79 Å². The number of methoxy groups -OCH3 is 2. The summed E-state index contributed by atoms with van der Waals surface area (Å²) in [5.41, 5.74) is -0.266. The summed E-state index contributed by atoms with van der Waals surface area (Å²) in [6, 6.07) is 9.50. The third-order valence-corrected chi connectivity index (χ3v) is 5.19. The van der Waals surface area contributed by atoms with Crippen LogP contribution in [0.5, 0.6) is 17.2 Å². The van der Waals surface area contributed by atoms with E-state index in [0.717, 1.165) is 0 Å². The highest BCUT2D eigenvalue weighted by Crippen LogP contribution is 2.27. The molecule has 4 atom stereocenters. The molecule has 0 spiro atoms. The van der Waals surface area contributed by atoms with Crippen LogP contribution in [0.4, 0.5) is 0 Å². The van der Waals surface area contributed by atoms with Gasteiger partial charge >= 0.3 is 5.97 Å². The molecule has 33 heavy (non-hydrogen) atoms. The molecule has 2 aromatic rings. The molecule has 3 rings (SSSR count). The van der Waals surface area contributed by atoms with Crippen molar-refractivity contribution in [3.8, 4) is 17.2 Å². The largest absolute Gasteiger partial charge is 0.503 e. The van der Waals surface area contributed by atoms with Crippen molar-refractivity contribution in [3.05, 3.63) is 48.3 Å². The summed E-state index contributed by atoms with van der Waals surface area (Å²) in [7, 11) is 2.89. The maximum Gasteiger partial charge on any atom is 0.329 e. The second-order valence-electron chi connectivity index (χ2n) is 7.41. The van der Waals surface area contributed by atoms with Crippen molar-refractivity contribution >= 4 is 11.9 Å². The molecule has 2 heterocycles. The first kappa shape index (κ1) is 24.3. The van der Waals surface area contributed by atoms with Crippen LogP contribution >= 0.6 is 0 Å². The molecule has 1 amide bonds. The molecule has 0 radical (unpaired) electrons. The van der Waals surface area contributed by atoms with Crippen molar-refractivity contribution in [2.24, 2.45) is 0 Å². The van der Waals surface area contributed by atoms with Crippen LogP contribution in [0.2, 0.25) is 0 Å². The third kappa shape index (κ3) is 6.11. The number of hydrogen-bond acceptors (Lipinski definition) is 9. The predicted octanol–water partition coefficient (Wildman–Crippen LogP) is 1.71. The number of carbonyl (C=O) groups excluding carboxylic acids is 2. The summed E-state index contributed by atoms with van der Waals surface area (Å²) in [6.07, 6.45) is -0.382. The van der Waals surface area contributed by atoms with Crippen molar-refractivity contribution in [1.82, 2.24) is 10.3 Å². The molecule has 178 valence electrons. The molecule has 0 aliphatic carbocycles. The van der Waals surface area contributed by atoms with Crippen LogP contribution in [-0.4, -0.2) is 73.8 Å². The van der Waals surface area contributed by atoms with Crippen molar-refractivity contribution in [1.29, 1.82) is 0 Å². The number of nitrogens with one attached hydrogen (secondary N) is 1. The van der Waals surface area contributed by atoms with E-state index in [1.807, 2.05) is 18.2 Å². The Balaban J connectivity index is 1.75. The molecule has 0 saturated carbocycles. The number of ether oxygens (including phenoxy) is 5. The van der Waals surface area contributed by atoms with Crippen LogP contribution < -0.4 is 14.8 Å². The minimum atomic E-state index is -1.02. The molecule has 1 saturated heterocycles. The van der Waals surface area contributed by atoms with Gasteiger partial charge in [0.1, 0.15) is 24.0 Å². The SMILES string of the molecule is COc1ccnc(C(=O)N[C@H]2CCOC[C@H](OC)[C@@H](Oc3ccccc3)[C@H](C)OC2=O)c1O. The van der Waals surface area contributed by atoms with Gasteiger partial charge in [0.05, 0.1) is 13.7 Å². The highest BCUT2D eigenvalue weighted by molar-refractivity contribution is 5.97. The first-order valence-electron chi connectivity index (χ1n) is 10.5. The van der Waals surface area contributed by atoms with E-state index in [4.69, 9.17) is 23.7 Å². The van der Waals surface area contributed by atoms with E-state index in [1.54, 1.807) is 19.1 Å². The van der Waals surface area contributed by atoms with E-state index in [9.17, 15) is 14.7 Å². The minimum Gasteiger partial charge on any atom is -0.503 e. The van der Waals surface area contributed by atoms with E-state index in [-0.39, 0.29) is 31.1 Å². The lowest BCUT2D eigenvalue weighted by molar-refractivity contribution is -0.165. The Morgan fingerprint density at radius 3 is 2.67 bits per heavy atom. The predicted molar refractivity (Wildman–Crippen MR) is 116 cm³/mol. The van der Waals surface area contributed by atoms with Crippen LogP contribution in [0, 0.1) is 0 Å². The van der Waals surface area contributed by atoms with Gasteiger partial charge in [0.25, 0.3) is 5.91 Å². The molecule has 1 aliphatic heterocycles. The molecule has 1 fully saturated rings. The Kier molecular flexibility index (Phi) is 8.45. The number of aromatic nitrogens is 1. The van der Waals surface area contributed by atoms with E-state index in [1.165, 1.54) is 26.5 Å².